The van der Waals surface area contributed by atoms with E-state index in [0.717, 1.165) is 12.0 Å². The van der Waals surface area contributed by atoms with Crippen molar-refractivity contribution >= 4 is 11.6 Å². The number of Topliss-reactive ketones (excluding diaryl/α,β-unsaturated/α-hetero) is 2. The topological polar surface area (TPSA) is 34.1 Å². The number of benzene rings is 1. The van der Waals surface area contributed by atoms with Crippen molar-refractivity contribution in [3.05, 3.63) is 35.4 Å². The zero-order valence-corrected chi connectivity index (χ0v) is 11.0. The first-order valence-electron chi connectivity index (χ1n) is 6.00. The molecule has 92 valence electrons. The predicted molar refractivity (Wildman–Crippen MR) is 69.0 cm³/mol. The third kappa shape index (κ3) is 3.81. The van der Waals surface area contributed by atoms with Crippen LogP contribution in [-0.4, -0.2) is 11.6 Å². The summed E-state index contributed by atoms with van der Waals surface area (Å²) >= 11 is 0. The van der Waals surface area contributed by atoms with Crippen molar-refractivity contribution in [2.45, 2.75) is 40.5 Å². The number of rotatable bonds is 4. The molecule has 0 aliphatic rings. The molecule has 1 aromatic carbocycles. The van der Waals surface area contributed by atoms with Crippen LogP contribution in [0.1, 0.15) is 38.8 Å². The van der Waals surface area contributed by atoms with E-state index in [2.05, 4.69) is 6.92 Å². The van der Waals surface area contributed by atoms with Gasteiger partial charge in [-0.3, -0.25) is 9.59 Å². The van der Waals surface area contributed by atoms with Crippen molar-refractivity contribution in [1.29, 1.82) is 0 Å². The van der Waals surface area contributed by atoms with E-state index in [1.54, 1.807) is 20.8 Å². The van der Waals surface area contributed by atoms with Gasteiger partial charge in [-0.1, -0.05) is 52.0 Å². The summed E-state index contributed by atoms with van der Waals surface area (Å²) in [7, 11) is 0. The molecule has 1 aromatic rings. The normalized spacial score (nSPS) is 11.3. The molecule has 1 rings (SSSR count). The lowest BCUT2D eigenvalue weighted by atomic mass is 9.86. The summed E-state index contributed by atoms with van der Waals surface area (Å²) in [6.45, 7) is 7.40. The molecule has 0 amide bonds. The molecule has 0 saturated heterocycles. The Morgan fingerprint density at radius 2 is 1.47 bits per heavy atom. The molecule has 0 N–H and O–H groups in total. The molecule has 17 heavy (non-hydrogen) atoms. The highest BCUT2D eigenvalue weighted by Gasteiger charge is 2.27. The van der Waals surface area contributed by atoms with E-state index in [0.29, 0.717) is 0 Å². The van der Waals surface area contributed by atoms with Crippen LogP contribution in [0.15, 0.2) is 24.3 Å². The van der Waals surface area contributed by atoms with Crippen LogP contribution in [-0.2, 0) is 22.4 Å². The van der Waals surface area contributed by atoms with Crippen molar-refractivity contribution < 1.29 is 9.59 Å². The second-order valence-electron chi connectivity index (χ2n) is 5.35. The molecule has 2 heteroatoms. The maximum atomic E-state index is 11.8. The van der Waals surface area contributed by atoms with Crippen LogP contribution in [0.3, 0.4) is 0 Å². The third-order valence-corrected chi connectivity index (χ3v) is 2.73. The summed E-state index contributed by atoms with van der Waals surface area (Å²) in [5.74, 6) is -0.598. The molecule has 0 saturated carbocycles. The number of carbonyl (C=O) groups is 2. The van der Waals surface area contributed by atoms with Gasteiger partial charge in [0.1, 0.15) is 0 Å². The Balaban J connectivity index is 2.71. The standard InChI is InChI=1S/C15H20O2/c1-5-11-6-8-12(9-7-11)10-13(16)14(17)15(2,3)4/h6-9H,5,10H2,1-4H3. The van der Waals surface area contributed by atoms with E-state index in [9.17, 15) is 9.59 Å². The minimum atomic E-state index is -0.583. The van der Waals surface area contributed by atoms with Gasteiger partial charge >= 0.3 is 0 Å². The molecule has 0 aliphatic carbocycles. The summed E-state index contributed by atoms with van der Waals surface area (Å²) in [5, 5.41) is 0. The number of carbonyl (C=O) groups excluding carboxylic acids is 2. The highest BCUT2D eigenvalue weighted by Crippen LogP contribution is 2.16. The Kier molecular flexibility index (Phi) is 4.22. The van der Waals surface area contributed by atoms with Crippen LogP contribution >= 0.6 is 0 Å². The molecule has 0 radical (unpaired) electrons. The van der Waals surface area contributed by atoms with Gasteiger partial charge in [0.05, 0.1) is 0 Å². The maximum Gasteiger partial charge on any atom is 0.204 e. The SMILES string of the molecule is CCc1ccc(CC(=O)C(=O)C(C)(C)C)cc1. The van der Waals surface area contributed by atoms with Gasteiger partial charge < -0.3 is 0 Å². The summed E-state index contributed by atoms with van der Waals surface area (Å²) < 4.78 is 0. The number of ketones is 2. The van der Waals surface area contributed by atoms with E-state index >= 15 is 0 Å². The summed E-state index contributed by atoms with van der Waals surface area (Å²) in [6.07, 6.45) is 1.19. The lowest BCUT2D eigenvalue weighted by Gasteiger charge is -2.15. The van der Waals surface area contributed by atoms with Gasteiger partial charge in [0.2, 0.25) is 11.6 Å². The van der Waals surface area contributed by atoms with Gasteiger partial charge in [-0.15, -0.1) is 0 Å². The van der Waals surface area contributed by atoms with E-state index < -0.39 is 5.41 Å². The number of hydrogen-bond acceptors (Lipinski definition) is 2. The largest absolute Gasteiger partial charge is 0.290 e. The molecular weight excluding hydrogens is 212 g/mol. The van der Waals surface area contributed by atoms with E-state index in [4.69, 9.17) is 0 Å². The highest BCUT2D eigenvalue weighted by molar-refractivity contribution is 6.39. The Hall–Kier alpha value is -1.44. The van der Waals surface area contributed by atoms with E-state index in [-0.39, 0.29) is 18.0 Å². The van der Waals surface area contributed by atoms with Gasteiger partial charge in [-0.05, 0) is 17.5 Å². The number of hydrogen-bond donors (Lipinski definition) is 0. The summed E-state index contributed by atoms with van der Waals surface area (Å²) in [5.41, 5.74) is 1.56. The van der Waals surface area contributed by atoms with Crippen LogP contribution in [0, 0.1) is 5.41 Å². The van der Waals surface area contributed by atoms with Crippen molar-refractivity contribution in [2.24, 2.45) is 5.41 Å². The van der Waals surface area contributed by atoms with Crippen molar-refractivity contribution in [2.75, 3.05) is 0 Å². The molecule has 0 fully saturated rings. The van der Waals surface area contributed by atoms with Gasteiger partial charge in [-0.2, -0.15) is 0 Å². The monoisotopic (exact) mass is 232 g/mol. The molecule has 0 spiro atoms. The van der Waals surface area contributed by atoms with Crippen LogP contribution in [0.5, 0.6) is 0 Å². The first-order chi connectivity index (χ1) is 7.84. The quantitative estimate of drug-likeness (QED) is 0.748. The zero-order valence-electron chi connectivity index (χ0n) is 11.0. The minimum absolute atomic E-state index is 0.208. The third-order valence-electron chi connectivity index (χ3n) is 2.73. The molecule has 0 unspecified atom stereocenters. The van der Waals surface area contributed by atoms with Gasteiger partial charge in [-0.25, -0.2) is 0 Å². The molecule has 0 atom stereocenters. The Bertz CT molecular complexity index is 408. The first kappa shape index (κ1) is 13.6. The number of aryl methyl sites for hydroxylation is 1. The molecular formula is C15H20O2. The fourth-order valence-corrected chi connectivity index (χ4v) is 1.58. The van der Waals surface area contributed by atoms with E-state index in [1.807, 2.05) is 24.3 Å². The van der Waals surface area contributed by atoms with Gasteiger partial charge in [0.25, 0.3) is 0 Å². The second kappa shape index (κ2) is 5.26. The molecule has 0 bridgehead atoms. The van der Waals surface area contributed by atoms with Gasteiger partial charge in [0, 0.05) is 11.8 Å². The van der Waals surface area contributed by atoms with Crippen LogP contribution in [0.2, 0.25) is 0 Å². The zero-order chi connectivity index (χ0) is 13.1. The molecule has 0 heterocycles. The maximum absolute atomic E-state index is 11.8. The Morgan fingerprint density at radius 1 is 1.00 bits per heavy atom. The highest BCUT2D eigenvalue weighted by atomic mass is 16.2. The molecule has 0 aromatic heterocycles. The lowest BCUT2D eigenvalue weighted by molar-refractivity contribution is -0.140. The second-order valence-corrected chi connectivity index (χ2v) is 5.35. The molecule has 0 aliphatic heterocycles. The fraction of sp³-hybridized carbons (Fsp3) is 0.467. The van der Waals surface area contributed by atoms with Crippen molar-refractivity contribution in [1.82, 2.24) is 0 Å². The predicted octanol–water partition coefficient (Wildman–Crippen LogP) is 2.98. The Labute approximate surface area is 103 Å². The lowest BCUT2D eigenvalue weighted by Crippen LogP contribution is -2.29. The smallest absolute Gasteiger partial charge is 0.204 e. The van der Waals surface area contributed by atoms with E-state index in [1.165, 1.54) is 5.56 Å². The first-order valence-corrected chi connectivity index (χ1v) is 6.00. The summed E-state index contributed by atoms with van der Waals surface area (Å²) in [4.78, 5) is 23.5. The fourth-order valence-electron chi connectivity index (χ4n) is 1.58. The van der Waals surface area contributed by atoms with Crippen LogP contribution < -0.4 is 0 Å². The van der Waals surface area contributed by atoms with Crippen LogP contribution in [0.4, 0.5) is 0 Å². The van der Waals surface area contributed by atoms with Crippen LogP contribution in [0.25, 0.3) is 0 Å². The molecule has 2 nitrogen and oxygen atoms in total. The van der Waals surface area contributed by atoms with Crippen molar-refractivity contribution in [3.8, 4) is 0 Å². The minimum Gasteiger partial charge on any atom is -0.290 e. The summed E-state index contributed by atoms with van der Waals surface area (Å²) in [6, 6.07) is 7.85. The van der Waals surface area contributed by atoms with Crippen molar-refractivity contribution in [3.63, 3.8) is 0 Å². The average Bonchev–Trinajstić information content (AvgIpc) is 2.27. The van der Waals surface area contributed by atoms with Gasteiger partial charge in [0.15, 0.2) is 0 Å². The average molecular weight is 232 g/mol. The Morgan fingerprint density at radius 3 is 1.88 bits per heavy atom.